The summed E-state index contributed by atoms with van der Waals surface area (Å²) in [5.74, 6) is -0.933. The number of piperazine rings is 1. The largest absolute Gasteiger partial charge is 0.325 e. The Labute approximate surface area is 106 Å². The van der Waals surface area contributed by atoms with Gasteiger partial charge in [0.1, 0.15) is 0 Å². The average Bonchev–Trinajstić information content (AvgIpc) is 2.51. The van der Waals surface area contributed by atoms with E-state index in [1.54, 1.807) is 4.90 Å². The van der Waals surface area contributed by atoms with Crippen LogP contribution in [0.2, 0.25) is 0 Å². The molecule has 0 saturated carbocycles. The number of carbonyl (C=O) groups excluding carboxylic acids is 2. The Morgan fingerprint density at radius 3 is 2.56 bits per heavy atom. The van der Waals surface area contributed by atoms with Crippen molar-refractivity contribution < 1.29 is 18.0 Å². The summed E-state index contributed by atoms with van der Waals surface area (Å²) in [6, 6.07) is -1.47. The van der Waals surface area contributed by atoms with E-state index in [0.29, 0.717) is 6.42 Å². The fraction of sp³-hybridized carbons (Fsp3) is 0.800. The molecule has 8 heteroatoms. The van der Waals surface area contributed by atoms with Gasteiger partial charge in [-0.25, -0.2) is 8.42 Å². The van der Waals surface area contributed by atoms with Gasteiger partial charge >= 0.3 is 0 Å². The number of nitrogens with one attached hydrogen (secondary N) is 1. The van der Waals surface area contributed by atoms with Crippen molar-refractivity contribution in [2.75, 3.05) is 18.1 Å². The van der Waals surface area contributed by atoms with Crippen LogP contribution in [0.3, 0.4) is 0 Å². The molecule has 0 bridgehead atoms. The summed E-state index contributed by atoms with van der Waals surface area (Å²) < 4.78 is 23.1. The average molecular weight is 275 g/mol. The van der Waals surface area contributed by atoms with E-state index in [-0.39, 0.29) is 24.0 Å². The van der Waals surface area contributed by atoms with Gasteiger partial charge in [-0.1, -0.05) is 6.92 Å². The second-order valence-electron chi connectivity index (χ2n) is 4.82. The summed E-state index contributed by atoms with van der Waals surface area (Å²) in [5.41, 5.74) is 5.83. The molecule has 18 heavy (non-hydrogen) atoms. The summed E-state index contributed by atoms with van der Waals surface area (Å²) in [4.78, 5) is 24.7. The lowest BCUT2D eigenvalue weighted by Crippen LogP contribution is -2.63. The van der Waals surface area contributed by atoms with Crippen LogP contribution in [-0.2, 0) is 19.4 Å². The van der Waals surface area contributed by atoms with Gasteiger partial charge in [-0.3, -0.25) is 19.8 Å². The Morgan fingerprint density at radius 2 is 2.06 bits per heavy atom. The molecule has 0 aliphatic carbocycles. The van der Waals surface area contributed by atoms with Gasteiger partial charge in [0.15, 0.2) is 9.84 Å². The van der Waals surface area contributed by atoms with E-state index < -0.39 is 33.9 Å². The lowest BCUT2D eigenvalue weighted by molar-refractivity contribution is -0.141. The molecule has 0 aromatic carbocycles. The zero-order chi connectivity index (χ0) is 13.5. The van der Waals surface area contributed by atoms with Crippen molar-refractivity contribution in [1.29, 1.82) is 0 Å². The highest BCUT2D eigenvalue weighted by molar-refractivity contribution is 7.91. The zero-order valence-corrected chi connectivity index (χ0v) is 10.9. The first-order valence-corrected chi connectivity index (χ1v) is 7.71. The maximum Gasteiger partial charge on any atom is 0.243 e. The number of imide groups is 1. The van der Waals surface area contributed by atoms with Crippen molar-refractivity contribution >= 4 is 21.7 Å². The molecule has 0 spiro atoms. The first kappa shape index (κ1) is 13.4. The number of hydrogen-bond acceptors (Lipinski definition) is 6. The highest BCUT2D eigenvalue weighted by Gasteiger charge is 2.45. The van der Waals surface area contributed by atoms with Gasteiger partial charge < -0.3 is 5.73 Å². The maximum absolute atomic E-state index is 11.7. The Bertz CT molecular complexity index is 476. The number of carbonyl (C=O) groups is 2. The van der Waals surface area contributed by atoms with E-state index in [4.69, 9.17) is 5.73 Å². The Morgan fingerprint density at radius 1 is 1.39 bits per heavy atom. The quantitative estimate of drug-likeness (QED) is 0.556. The van der Waals surface area contributed by atoms with Gasteiger partial charge in [0.2, 0.25) is 11.8 Å². The van der Waals surface area contributed by atoms with Crippen molar-refractivity contribution in [3.05, 3.63) is 0 Å². The molecule has 102 valence electrons. The molecule has 0 radical (unpaired) electrons. The molecule has 2 aliphatic heterocycles. The number of sulfone groups is 1. The zero-order valence-electron chi connectivity index (χ0n) is 10.1. The lowest BCUT2D eigenvalue weighted by Gasteiger charge is -2.38. The third-order valence-electron chi connectivity index (χ3n) is 3.47. The maximum atomic E-state index is 11.7. The normalized spacial score (nSPS) is 36.7. The molecule has 0 aromatic rings. The van der Waals surface area contributed by atoms with Crippen molar-refractivity contribution in [3.63, 3.8) is 0 Å². The lowest BCUT2D eigenvalue weighted by atomic mass is 10.0. The smallest absolute Gasteiger partial charge is 0.243 e. The number of nitrogens with zero attached hydrogens (tertiary/aromatic N) is 1. The summed E-state index contributed by atoms with van der Waals surface area (Å²) in [6.07, 6.45) is 0.516. The van der Waals surface area contributed by atoms with Gasteiger partial charge in [-0.05, 0) is 6.42 Å². The summed E-state index contributed by atoms with van der Waals surface area (Å²) >= 11 is 0. The topological polar surface area (TPSA) is 110 Å². The summed E-state index contributed by atoms with van der Waals surface area (Å²) in [6.45, 7) is 1.85. The van der Waals surface area contributed by atoms with Gasteiger partial charge in [0.25, 0.3) is 0 Å². The van der Waals surface area contributed by atoms with Crippen LogP contribution in [0.5, 0.6) is 0 Å². The number of hydrogen-bond donors (Lipinski definition) is 2. The molecule has 2 amide bonds. The molecule has 3 atom stereocenters. The van der Waals surface area contributed by atoms with Crippen LogP contribution in [0.15, 0.2) is 0 Å². The van der Waals surface area contributed by atoms with Crippen LogP contribution in [0.4, 0.5) is 0 Å². The molecule has 7 nitrogen and oxygen atoms in total. The number of rotatable bonds is 2. The van der Waals surface area contributed by atoms with Crippen LogP contribution >= 0.6 is 0 Å². The van der Waals surface area contributed by atoms with Crippen LogP contribution in [0.25, 0.3) is 0 Å². The van der Waals surface area contributed by atoms with Gasteiger partial charge in [-0.15, -0.1) is 0 Å². The molecule has 2 aliphatic rings. The van der Waals surface area contributed by atoms with E-state index in [0.717, 1.165) is 0 Å². The second-order valence-corrected chi connectivity index (χ2v) is 6.97. The molecule has 3 N–H and O–H groups in total. The van der Waals surface area contributed by atoms with Gasteiger partial charge in [0.05, 0.1) is 24.1 Å². The molecule has 2 rings (SSSR count). The second kappa shape index (κ2) is 4.60. The highest BCUT2D eigenvalue weighted by atomic mass is 32.2. The van der Waals surface area contributed by atoms with E-state index >= 15 is 0 Å². The van der Waals surface area contributed by atoms with Crippen molar-refractivity contribution in [2.24, 2.45) is 5.73 Å². The van der Waals surface area contributed by atoms with Crippen LogP contribution < -0.4 is 11.1 Å². The number of amides is 2. The first-order valence-electron chi connectivity index (χ1n) is 5.89. The summed E-state index contributed by atoms with van der Waals surface area (Å²) in [5, 5.41) is 2.26. The minimum Gasteiger partial charge on any atom is -0.325 e. The first-order chi connectivity index (χ1) is 8.34. The summed E-state index contributed by atoms with van der Waals surface area (Å²) in [7, 11) is -3.17. The fourth-order valence-corrected chi connectivity index (χ4v) is 4.56. The Hall–Kier alpha value is -0.990. The Balaban J connectivity index is 2.25. The molecule has 2 heterocycles. The fourth-order valence-electron chi connectivity index (χ4n) is 2.65. The van der Waals surface area contributed by atoms with Crippen molar-refractivity contribution in [3.8, 4) is 0 Å². The minimum atomic E-state index is -3.17. The van der Waals surface area contributed by atoms with E-state index in [9.17, 15) is 18.0 Å². The van der Waals surface area contributed by atoms with Crippen molar-refractivity contribution in [1.82, 2.24) is 10.2 Å². The molecule has 3 unspecified atom stereocenters. The predicted octanol–water partition coefficient (Wildman–Crippen LogP) is -2.15. The molecule has 2 fully saturated rings. The highest BCUT2D eigenvalue weighted by Crippen LogP contribution is 2.22. The monoisotopic (exact) mass is 275 g/mol. The van der Waals surface area contributed by atoms with Gasteiger partial charge in [0, 0.05) is 12.1 Å². The van der Waals surface area contributed by atoms with Crippen LogP contribution in [0.1, 0.15) is 13.3 Å². The van der Waals surface area contributed by atoms with Crippen LogP contribution in [0, 0.1) is 0 Å². The van der Waals surface area contributed by atoms with Crippen LogP contribution in [-0.4, -0.2) is 61.3 Å². The SMILES string of the molecule is CCC1C(=O)NC(=O)CN1C1CS(=O)(=O)CC1N. The third-order valence-corrected chi connectivity index (χ3v) is 5.21. The molecular weight excluding hydrogens is 258 g/mol. The molecular formula is C10H17N3O4S. The predicted molar refractivity (Wildman–Crippen MR) is 64.4 cm³/mol. The number of nitrogens with two attached hydrogens (primary N) is 1. The standard InChI is InChI=1S/C10H17N3O4S/c1-2-7-10(15)12-9(14)3-13(7)8-5-18(16,17)4-6(8)11/h6-8H,2-5,11H2,1H3,(H,12,14,15). The van der Waals surface area contributed by atoms with E-state index in [1.165, 1.54) is 0 Å². The third kappa shape index (κ3) is 2.40. The van der Waals surface area contributed by atoms with Crippen molar-refractivity contribution in [2.45, 2.75) is 31.5 Å². The molecule has 0 aromatic heterocycles. The minimum absolute atomic E-state index is 0.0259. The van der Waals surface area contributed by atoms with E-state index in [1.807, 2.05) is 6.92 Å². The Kier molecular flexibility index (Phi) is 3.43. The van der Waals surface area contributed by atoms with Gasteiger partial charge in [-0.2, -0.15) is 0 Å². The molecule has 2 saturated heterocycles. The van der Waals surface area contributed by atoms with E-state index in [2.05, 4.69) is 5.32 Å².